The van der Waals surface area contributed by atoms with Crippen LogP contribution in [0.2, 0.25) is 0 Å². The van der Waals surface area contributed by atoms with Crippen LogP contribution in [0.5, 0.6) is 0 Å². The highest BCUT2D eigenvalue weighted by atomic mass is 15.0. The first-order chi connectivity index (χ1) is 9.88. The van der Waals surface area contributed by atoms with Crippen molar-refractivity contribution < 1.29 is 0 Å². The summed E-state index contributed by atoms with van der Waals surface area (Å²) in [5, 5.41) is 3.47. The fourth-order valence-corrected chi connectivity index (χ4v) is 2.25. The molecular formula is C15H15N5. The van der Waals surface area contributed by atoms with Crippen molar-refractivity contribution >= 4 is 11.0 Å². The topological polar surface area (TPSA) is 66.5 Å². The molecule has 5 nitrogen and oxygen atoms in total. The van der Waals surface area contributed by atoms with Crippen LogP contribution < -0.4 is 5.32 Å². The number of H-pyrrole nitrogens is 1. The van der Waals surface area contributed by atoms with E-state index in [1.807, 2.05) is 24.4 Å². The monoisotopic (exact) mass is 265 g/mol. The summed E-state index contributed by atoms with van der Waals surface area (Å²) < 4.78 is 0. The van der Waals surface area contributed by atoms with Crippen molar-refractivity contribution in [2.45, 2.75) is 25.4 Å². The number of imidazole rings is 1. The Morgan fingerprint density at radius 3 is 2.80 bits per heavy atom. The van der Waals surface area contributed by atoms with E-state index >= 15 is 0 Å². The maximum absolute atomic E-state index is 4.45. The van der Waals surface area contributed by atoms with Crippen LogP contribution in [0.25, 0.3) is 22.4 Å². The second-order valence-electron chi connectivity index (χ2n) is 5.17. The molecule has 1 aliphatic rings. The van der Waals surface area contributed by atoms with Gasteiger partial charge in [-0.2, -0.15) is 0 Å². The quantitative estimate of drug-likeness (QED) is 0.759. The van der Waals surface area contributed by atoms with E-state index < -0.39 is 0 Å². The highest BCUT2D eigenvalue weighted by Crippen LogP contribution is 2.21. The van der Waals surface area contributed by atoms with Crippen LogP contribution in [0.4, 0.5) is 0 Å². The molecule has 0 unspecified atom stereocenters. The Kier molecular flexibility index (Phi) is 2.70. The Balaban J connectivity index is 1.60. The van der Waals surface area contributed by atoms with E-state index in [4.69, 9.17) is 0 Å². The lowest BCUT2D eigenvalue weighted by Gasteiger charge is -2.00. The number of hydrogen-bond donors (Lipinski definition) is 2. The number of hydrogen-bond acceptors (Lipinski definition) is 4. The molecule has 5 heteroatoms. The smallest absolute Gasteiger partial charge is 0.137 e. The van der Waals surface area contributed by atoms with E-state index in [0.29, 0.717) is 6.04 Å². The maximum Gasteiger partial charge on any atom is 0.137 e. The Labute approximate surface area is 116 Å². The fraction of sp³-hybridized carbons (Fsp3) is 0.267. The van der Waals surface area contributed by atoms with Gasteiger partial charge >= 0.3 is 0 Å². The van der Waals surface area contributed by atoms with Crippen LogP contribution in [0.3, 0.4) is 0 Å². The minimum Gasteiger partial charge on any atom is -0.341 e. The van der Waals surface area contributed by atoms with Crippen LogP contribution in [0.1, 0.15) is 18.5 Å². The van der Waals surface area contributed by atoms with Crippen molar-refractivity contribution in [3.63, 3.8) is 0 Å². The zero-order chi connectivity index (χ0) is 13.4. The Hall–Kier alpha value is -2.27. The number of nitrogens with one attached hydrogen (secondary N) is 2. The van der Waals surface area contributed by atoms with Crippen molar-refractivity contribution in [1.29, 1.82) is 0 Å². The van der Waals surface area contributed by atoms with Gasteiger partial charge in [-0.1, -0.05) is 0 Å². The number of aromatic amines is 1. The highest BCUT2D eigenvalue weighted by Gasteiger charge is 2.20. The van der Waals surface area contributed by atoms with Gasteiger partial charge in [-0.15, -0.1) is 0 Å². The fourth-order valence-electron chi connectivity index (χ4n) is 2.25. The molecule has 0 aliphatic heterocycles. The summed E-state index contributed by atoms with van der Waals surface area (Å²) in [5.74, 6) is 0.880. The summed E-state index contributed by atoms with van der Waals surface area (Å²) in [5.41, 5.74) is 3.94. The molecule has 1 fully saturated rings. The first-order valence-electron chi connectivity index (χ1n) is 6.87. The zero-order valence-electron chi connectivity index (χ0n) is 11.0. The van der Waals surface area contributed by atoms with Gasteiger partial charge in [0.15, 0.2) is 0 Å². The lowest BCUT2D eigenvalue weighted by atomic mass is 10.2. The lowest BCUT2D eigenvalue weighted by molar-refractivity contribution is 0.677. The molecule has 20 heavy (non-hydrogen) atoms. The molecule has 2 aromatic heterocycles. The summed E-state index contributed by atoms with van der Waals surface area (Å²) in [7, 11) is 0. The molecule has 1 aromatic carbocycles. The van der Waals surface area contributed by atoms with Crippen molar-refractivity contribution in [2.24, 2.45) is 0 Å². The van der Waals surface area contributed by atoms with Crippen molar-refractivity contribution in [2.75, 3.05) is 0 Å². The van der Waals surface area contributed by atoms with E-state index in [-0.39, 0.29) is 0 Å². The van der Waals surface area contributed by atoms with E-state index in [1.54, 1.807) is 12.4 Å². The third kappa shape index (κ3) is 2.28. The number of aromatic nitrogens is 4. The van der Waals surface area contributed by atoms with E-state index in [9.17, 15) is 0 Å². The van der Waals surface area contributed by atoms with Gasteiger partial charge in [-0.25, -0.2) is 4.98 Å². The summed E-state index contributed by atoms with van der Waals surface area (Å²) >= 11 is 0. The number of rotatable bonds is 4. The zero-order valence-corrected chi connectivity index (χ0v) is 11.0. The van der Waals surface area contributed by atoms with Gasteiger partial charge in [-0.05, 0) is 31.0 Å². The van der Waals surface area contributed by atoms with E-state index in [0.717, 1.165) is 34.7 Å². The maximum atomic E-state index is 4.45. The highest BCUT2D eigenvalue weighted by molar-refractivity contribution is 5.79. The second kappa shape index (κ2) is 4.68. The average Bonchev–Trinajstić information content (AvgIpc) is 3.21. The molecule has 0 bridgehead atoms. The van der Waals surface area contributed by atoms with Crippen molar-refractivity contribution in [1.82, 2.24) is 25.3 Å². The van der Waals surface area contributed by atoms with Crippen molar-refractivity contribution in [3.05, 3.63) is 42.5 Å². The molecular weight excluding hydrogens is 250 g/mol. The minimum absolute atomic E-state index is 0.706. The predicted molar refractivity (Wildman–Crippen MR) is 77.0 cm³/mol. The SMILES string of the molecule is c1cnc2cc(-c3ncc(CNC4CC4)[nH]3)ccc2n1. The Morgan fingerprint density at radius 1 is 1.10 bits per heavy atom. The number of nitrogens with zero attached hydrogens (tertiary/aromatic N) is 3. The third-order valence-corrected chi connectivity index (χ3v) is 3.53. The summed E-state index contributed by atoms with van der Waals surface area (Å²) in [6.07, 6.45) is 7.90. The van der Waals surface area contributed by atoms with Crippen LogP contribution >= 0.6 is 0 Å². The van der Waals surface area contributed by atoms with Gasteiger partial charge < -0.3 is 10.3 Å². The molecule has 0 spiro atoms. The molecule has 0 amide bonds. The van der Waals surface area contributed by atoms with Crippen LogP contribution in [-0.2, 0) is 6.54 Å². The molecule has 3 aromatic rings. The minimum atomic E-state index is 0.706. The van der Waals surface area contributed by atoms with Gasteiger partial charge in [0.05, 0.1) is 11.0 Å². The molecule has 0 radical (unpaired) electrons. The van der Waals surface area contributed by atoms with Crippen LogP contribution in [-0.4, -0.2) is 26.0 Å². The molecule has 100 valence electrons. The number of benzene rings is 1. The van der Waals surface area contributed by atoms with Crippen LogP contribution in [0, 0.1) is 0 Å². The molecule has 0 saturated heterocycles. The standard InChI is InChI=1S/C15H15N5/c1-4-13-14(17-6-5-16-13)7-10(1)15-19-9-12(20-15)8-18-11-2-3-11/h1,4-7,9,11,18H,2-3,8H2,(H,19,20). The predicted octanol–water partition coefficient (Wildman–Crippen LogP) is 2.27. The van der Waals surface area contributed by atoms with Crippen molar-refractivity contribution in [3.8, 4) is 11.4 Å². The molecule has 4 rings (SSSR count). The van der Waals surface area contributed by atoms with Gasteiger partial charge in [-0.3, -0.25) is 9.97 Å². The molecule has 1 saturated carbocycles. The summed E-state index contributed by atoms with van der Waals surface area (Å²) in [4.78, 5) is 16.4. The average molecular weight is 265 g/mol. The Morgan fingerprint density at radius 2 is 1.95 bits per heavy atom. The largest absolute Gasteiger partial charge is 0.341 e. The van der Waals surface area contributed by atoms with Gasteiger partial charge in [0, 0.05) is 42.4 Å². The van der Waals surface area contributed by atoms with Gasteiger partial charge in [0.2, 0.25) is 0 Å². The van der Waals surface area contributed by atoms with E-state index in [1.165, 1.54) is 12.8 Å². The summed E-state index contributed by atoms with van der Waals surface area (Å²) in [6, 6.07) is 6.72. The molecule has 2 heterocycles. The Bertz CT molecular complexity index is 745. The molecule has 2 N–H and O–H groups in total. The normalized spacial score (nSPS) is 14.8. The van der Waals surface area contributed by atoms with Crippen LogP contribution in [0.15, 0.2) is 36.8 Å². The first kappa shape index (κ1) is 11.5. The third-order valence-electron chi connectivity index (χ3n) is 3.53. The molecule has 1 aliphatic carbocycles. The summed E-state index contributed by atoms with van der Waals surface area (Å²) in [6.45, 7) is 0.852. The van der Waals surface area contributed by atoms with Gasteiger partial charge in [0.1, 0.15) is 5.82 Å². The number of fused-ring (bicyclic) bond motifs is 1. The van der Waals surface area contributed by atoms with E-state index in [2.05, 4.69) is 25.3 Å². The lowest BCUT2D eigenvalue weighted by Crippen LogP contribution is -2.15. The first-order valence-corrected chi connectivity index (χ1v) is 6.87. The molecule has 0 atom stereocenters. The second-order valence-corrected chi connectivity index (χ2v) is 5.17. The van der Waals surface area contributed by atoms with Gasteiger partial charge in [0.25, 0.3) is 0 Å².